The summed E-state index contributed by atoms with van der Waals surface area (Å²) in [6.45, 7) is 6.10. The molecular weight excluding hydrogens is 390 g/mol. The molecule has 2 aromatic heterocycles. The largest absolute Gasteiger partial charge is 0.352 e. The second-order valence-corrected chi connectivity index (χ2v) is 7.74. The molecular formula is C24H27N5O2. The predicted molar refractivity (Wildman–Crippen MR) is 121 cm³/mol. The third kappa shape index (κ3) is 5.72. The van der Waals surface area contributed by atoms with Gasteiger partial charge in [0.05, 0.1) is 11.4 Å². The lowest BCUT2D eigenvalue weighted by molar-refractivity contribution is -0.121. The fraction of sp³-hybridized carbons (Fsp3) is 0.292. The van der Waals surface area contributed by atoms with Gasteiger partial charge in [-0.3, -0.25) is 24.5 Å². The number of rotatable bonds is 7. The Morgan fingerprint density at radius 3 is 2.52 bits per heavy atom. The normalized spacial score (nSPS) is 10.7. The monoisotopic (exact) mass is 417 g/mol. The van der Waals surface area contributed by atoms with Crippen LogP contribution in [0, 0.1) is 12.8 Å². The van der Waals surface area contributed by atoms with Crippen LogP contribution >= 0.6 is 0 Å². The van der Waals surface area contributed by atoms with Gasteiger partial charge in [0.25, 0.3) is 5.91 Å². The van der Waals surface area contributed by atoms with E-state index in [-0.39, 0.29) is 17.7 Å². The first-order valence-electron chi connectivity index (χ1n) is 10.2. The number of aryl methyl sites for hydroxylation is 1. The lowest BCUT2D eigenvalue weighted by atomic mass is 10.0. The minimum atomic E-state index is -0.218. The van der Waals surface area contributed by atoms with Gasteiger partial charge in [0.2, 0.25) is 5.91 Å². The van der Waals surface area contributed by atoms with Crippen LogP contribution in [0.4, 0.5) is 5.69 Å². The van der Waals surface area contributed by atoms with Crippen molar-refractivity contribution in [1.29, 1.82) is 0 Å². The number of hydrogen-bond donors (Lipinski definition) is 1. The highest BCUT2D eigenvalue weighted by Gasteiger charge is 2.18. The Hall–Kier alpha value is -3.61. The van der Waals surface area contributed by atoms with Crippen LogP contribution in [0.15, 0.2) is 55.1 Å². The Bertz CT molecular complexity index is 1050. The van der Waals surface area contributed by atoms with Crippen molar-refractivity contribution >= 4 is 17.5 Å². The minimum Gasteiger partial charge on any atom is -0.352 e. The van der Waals surface area contributed by atoms with Crippen molar-refractivity contribution in [3.8, 4) is 11.3 Å². The van der Waals surface area contributed by atoms with Gasteiger partial charge in [0, 0.05) is 67.5 Å². The van der Waals surface area contributed by atoms with E-state index in [1.807, 2.05) is 39.0 Å². The summed E-state index contributed by atoms with van der Waals surface area (Å²) in [5.41, 5.74) is 4.50. The zero-order chi connectivity index (χ0) is 22.4. The number of nitrogens with one attached hydrogen (secondary N) is 1. The maximum Gasteiger partial charge on any atom is 0.251 e. The van der Waals surface area contributed by atoms with E-state index in [1.165, 1.54) is 0 Å². The van der Waals surface area contributed by atoms with Crippen LogP contribution in [0.5, 0.6) is 0 Å². The predicted octanol–water partition coefficient (Wildman–Crippen LogP) is 3.44. The number of carbonyl (C=O) groups is 2. The molecule has 0 fully saturated rings. The van der Waals surface area contributed by atoms with E-state index >= 15 is 0 Å². The van der Waals surface area contributed by atoms with E-state index < -0.39 is 0 Å². The summed E-state index contributed by atoms with van der Waals surface area (Å²) in [7, 11) is 1.72. The molecule has 0 atom stereocenters. The highest BCUT2D eigenvalue weighted by atomic mass is 16.2. The lowest BCUT2D eigenvalue weighted by Crippen LogP contribution is -2.31. The van der Waals surface area contributed by atoms with Gasteiger partial charge in [-0.15, -0.1) is 0 Å². The second-order valence-electron chi connectivity index (χ2n) is 7.74. The molecule has 0 aliphatic heterocycles. The number of carbonyl (C=O) groups excluding carboxylic acids is 2. The van der Waals surface area contributed by atoms with Crippen molar-refractivity contribution in [2.75, 3.05) is 18.5 Å². The van der Waals surface area contributed by atoms with Crippen LogP contribution in [-0.4, -0.2) is 40.4 Å². The number of aromatic nitrogens is 3. The third-order valence-electron chi connectivity index (χ3n) is 4.88. The van der Waals surface area contributed by atoms with E-state index in [4.69, 9.17) is 0 Å². The summed E-state index contributed by atoms with van der Waals surface area (Å²) in [5.74, 6) is -0.400. The number of amides is 2. The van der Waals surface area contributed by atoms with Crippen molar-refractivity contribution in [2.24, 2.45) is 5.92 Å². The smallest absolute Gasteiger partial charge is 0.251 e. The number of anilines is 1. The maximum absolute atomic E-state index is 12.9. The molecule has 0 aliphatic rings. The Balaban J connectivity index is 1.87. The number of nitrogens with zero attached hydrogens (tertiary/aromatic N) is 4. The highest BCUT2D eigenvalue weighted by molar-refractivity contribution is 6.00. The van der Waals surface area contributed by atoms with Crippen LogP contribution in [-0.2, 0) is 11.2 Å². The molecule has 2 heterocycles. The van der Waals surface area contributed by atoms with E-state index in [1.54, 1.807) is 48.9 Å². The molecule has 31 heavy (non-hydrogen) atoms. The average molecular weight is 418 g/mol. The molecule has 0 radical (unpaired) electrons. The summed E-state index contributed by atoms with van der Waals surface area (Å²) in [6, 6.07) is 9.30. The Morgan fingerprint density at radius 1 is 1.06 bits per heavy atom. The average Bonchev–Trinajstić information content (AvgIpc) is 2.78. The van der Waals surface area contributed by atoms with Crippen molar-refractivity contribution < 1.29 is 9.59 Å². The first-order chi connectivity index (χ1) is 14.8. The standard InChI is InChI=1S/C24H27N5O2/c1-16(2)24(31)29(4)21-12-18(22-6-5-17(3)14-28-22)11-19(13-21)23(30)27-8-7-20-15-25-9-10-26-20/h5-6,9-16H,7-8H2,1-4H3,(H,27,30). The van der Waals surface area contributed by atoms with E-state index in [0.717, 1.165) is 22.5 Å². The number of pyridine rings is 1. The van der Waals surface area contributed by atoms with Crippen LogP contribution < -0.4 is 10.2 Å². The quantitative estimate of drug-likeness (QED) is 0.636. The maximum atomic E-state index is 12.9. The van der Waals surface area contributed by atoms with Crippen molar-refractivity contribution in [2.45, 2.75) is 27.2 Å². The van der Waals surface area contributed by atoms with Gasteiger partial charge in [-0.05, 0) is 36.8 Å². The molecule has 0 aliphatic carbocycles. The molecule has 0 spiro atoms. The number of benzene rings is 1. The lowest BCUT2D eigenvalue weighted by Gasteiger charge is -2.21. The minimum absolute atomic E-state index is 0.0250. The molecule has 3 rings (SSSR count). The molecule has 0 saturated carbocycles. The van der Waals surface area contributed by atoms with Gasteiger partial charge < -0.3 is 10.2 Å². The van der Waals surface area contributed by atoms with Gasteiger partial charge in [-0.25, -0.2) is 0 Å². The first-order valence-corrected chi connectivity index (χ1v) is 10.2. The summed E-state index contributed by atoms with van der Waals surface area (Å²) >= 11 is 0. The van der Waals surface area contributed by atoms with E-state index in [0.29, 0.717) is 24.2 Å². The summed E-state index contributed by atoms with van der Waals surface area (Å²) in [4.78, 5) is 39.7. The fourth-order valence-corrected chi connectivity index (χ4v) is 3.10. The molecule has 2 amide bonds. The topological polar surface area (TPSA) is 88.1 Å². The Morgan fingerprint density at radius 2 is 1.87 bits per heavy atom. The highest BCUT2D eigenvalue weighted by Crippen LogP contribution is 2.26. The zero-order valence-corrected chi connectivity index (χ0v) is 18.3. The van der Waals surface area contributed by atoms with Crippen molar-refractivity contribution in [3.05, 3.63) is 71.9 Å². The molecule has 1 N–H and O–H groups in total. The van der Waals surface area contributed by atoms with Gasteiger partial charge >= 0.3 is 0 Å². The molecule has 0 saturated heterocycles. The molecule has 7 nitrogen and oxygen atoms in total. The summed E-state index contributed by atoms with van der Waals surface area (Å²) in [6.07, 6.45) is 7.29. The second kappa shape index (κ2) is 9.93. The van der Waals surface area contributed by atoms with E-state index in [9.17, 15) is 9.59 Å². The van der Waals surface area contributed by atoms with Crippen molar-refractivity contribution in [1.82, 2.24) is 20.3 Å². The van der Waals surface area contributed by atoms with Gasteiger partial charge in [-0.1, -0.05) is 19.9 Å². The Kier molecular flexibility index (Phi) is 7.07. The van der Waals surface area contributed by atoms with Crippen LogP contribution in [0.3, 0.4) is 0 Å². The first kappa shape index (κ1) is 22.1. The zero-order valence-electron chi connectivity index (χ0n) is 18.3. The molecule has 1 aromatic carbocycles. The van der Waals surface area contributed by atoms with Gasteiger partial charge in [0.1, 0.15) is 0 Å². The molecule has 0 unspecified atom stereocenters. The molecule has 0 bridgehead atoms. The van der Waals surface area contributed by atoms with Gasteiger partial charge in [0.15, 0.2) is 0 Å². The summed E-state index contributed by atoms with van der Waals surface area (Å²) in [5, 5.41) is 2.92. The van der Waals surface area contributed by atoms with E-state index in [2.05, 4.69) is 20.3 Å². The third-order valence-corrected chi connectivity index (χ3v) is 4.88. The SMILES string of the molecule is Cc1ccc(-c2cc(C(=O)NCCc3cnccn3)cc(N(C)C(=O)C(C)C)c2)nc1. The van der Waals surface area contributed by atoms with Crippen LogP contribution in [0.1, 0.15) is 35.5 Å². The van der Waals surface area contributed by atoms with Crippen LogP contribution in [0.2, 0.25) is 0 Å². The molecule has 160 valence electrons. The molecule has 3 aromatic rings. The Labute approximate surface area is 182 Å². The number of hydrogen-bond acceptors (Lipinski definition) is 5. The molecule has 7 heteroatoms. The van der Waals surface area contributed by atoms with Gasteiger partial charge in [-0.2, -0.15) is 0 Å². The van der Waals surface area contributed by atoms with Crippen LogP contribution in [0.25, 0.3) is 11.3 Å². The summed E-state index contributed by atoms with van der Waals surface area (Å²) < 4.78 is 0. The van der Waals surface area contributed by atoms with Crippen molar-refractivity contribution in [3.63, 3.8) is 0 Å². The fourth-order valence-electron chi connectivity index (χ4n) is 3.10.